The minimum absolute atomic E-state index is 0.0743. The average Bonchev–Trinajstić information content (AvgIpc) is 3.70. The van der Waals surface area contributed by atoms with Crippen molar-refractivity contribution in [2.45, 2.75) is 64.1 Å². The molecule has 0 bridgehead atoms. The van der Waals surface area contributed by atoms with Gasteiger partial charge >= 0.3 is 6.03 Å². The van der Waals surface area contributed by atoms with Crippen molar-refractivity contribution in [3.05, 3.63) is 126 Å². The maximum Gasteiger partial charge on any atom is 0.325 e. The van der Waals surface area contributed by atoms with Crippen LogP contribution in [0.2, 0.25) is 0 Å². The van der Waals surface area contributed by atoms with Crippen LogP contribution in [0.15, 0.2) is 104 Å². The molecule has 5 aromatic rings. The lowest BCUT2D eigenvalue weighted by atomic mass is 10.00. The monoisotopic (exact) mass is 889 g/mol. The number of amides is 4. The molecule has 3 aromatic carbocycles. The number of nitrogens with zero attached hydrogens (tertiary/aromatic N) is 7. The third-order valence-corrected chi connectivity index (χ3v) is 12.2. The zero-order valence-corrected chi connectivity index (χ0v) is 37.4. The van der Waals surface area contributed by atoms with Gasteiger partial charge in [-0.15, -0.1) is 0 Å². The van der Waals surface area contributed by atoms with E-state index in [0.29, 0.717) is 55.3 Å². The number of aromatic nitrogens is 3. The fourth-order valence-corrected chi connectivity index (χ4v) is 8.54. The zero-order chi connectivity index (χ0) is 46.0. The first kappa shape index (κ1) is 45.6. The molecule has 15 heteroatoms. The van der Waals surface area contributed by atoms with Crippen LogP contribution in [0, 0.1) is 18.8 Å². The number of urea groups is 1. The van der Waals surface area contributed by atoms with Crippen LogP contribution in [0.5, 0.6) is 5.75 Å². The number of aryl methyl sites for hydroxylation is 1. The molecule has 0 radical (unpaired) electrons. The van der Waals surface area contributed by atoms with Crippen LogP contribution < -0.4 is 20.3 Å². The second-order valence-corrected chi connectivity index (χ2v) is 17.3. The van der Waals surface area contributed by atoms with Gasteiger partial charge in [0.05, 0.1) is 5.69 Å². The molecule has 8 rings (SSSR count). The van der Waals surface area contributed by atoms with E-state index in [1.165, 1.54) is 10.5 Å². The Morgan fingerprint density at radius 2 is 1.70 bits per heavy atom. The summed E-state index contributed by atoms with van der Waals surface area (Å²) in [5.74, 6) is 6.33. The summed E-state index contributed by atoms with van der Waals surface area (Å²) in [5.41, 5.74) is 5.94. The summed E-state index contributed by atoms with van der Waals surface area (Å²) in [6.45, 7) is 10.2. The Hall–Kier alpha value is -6.99. The molecule has 0 saturated carbocycles. The number of carbonyl (C=O) groups excluding carboxylic acids is 4. The quantitative estimate of drug-likeness (QED) is 0.0619. The maximum atomic E-state index is 13.3. The lowest BCUT2D eigenvalue weighted by molar-refractivity contribution is -0.136. The van der Waals surface area contributed by atoms with Gasteiger partial charge < -0.3 is 25.0 Å². The van der Waals surface area contributed by atoms with Crippen molar-refractivity contribution in [1.82, 2.24) is 35.0 Å². The van der Waals surface area contributed by atoms with Gasteiger partial charge in [-0.1, -0.05) is 48.2 Å². The first-order valence-electron chi connectivity index (χ1n) is 22.5. The summed E-state index contributed by atoms with van der Waals surface area (Å²) in [4.78, 5) is 71.4. The summed E-state index contributed by atoms with van der Waals surface area (Å²) < 4.78 is 5.79. The Balaban J connectivity index is 0.711. The van der Waals surface area contributed by atoms with Crippen LogP contribution >= 0.6 is 0 Å². The summed E-state index contributed by atoms with van der Waals surface area (Å²) in [5, 5.41) is 16.6. The number of imide groups is 1. The highest BCUT2D eigenvalue weighted by Crippen LogP contribution is 2.27. The molecular formula is C51H55N9O6. The van der Waals surface area contributed by atoms with Crippen molar-refractivity contribution in [3.63, 3.8) is 0 Å². The van der Waals surface area contributed by atoms with E-state index in [1.807, 2.05) is 55.5 Å². The molecule has 2 aromatic heterocycles. The molecule has 3 aliphatic heterocycles. The Bertz CT molecular complexity index is 2590. The first-order chi connectivity index (χ1) is 32.0. The van der Waals surface area contributed by atoms with E-state index < -0.39 is 17.6 Å². The van der Waals surface area contributed by atoms with Crippen LogP contribution in [-0.4, -0.2) is 122 Å². The minimum atomic E-state index is -1.14. The molecule has 2 unspecified atom stereocenters. The van der Waals surface area contributed by atoms with Gasteiger partial charge in [-0.3, -0.25) is 34.5 Å². The van der Waals surface area contributed by atoms with Crippen molar-refractivity contribution in [2.24, 2.45) is 0 Å². The van der Waals surface area contributed by atoms with Crippen LogP contribution in [0.3, 0.4) is 0 Å². The number of hydrogen-bond acceptors (Lipinski definition) is 12. The van der Waals surface area contributed by atoms with Gasteiger partial charge in [0.1, 0.15) is 24.0 Å². The number of carbonyl (C=O) groups is 4. The number of benzene rings is 3. The van der Waals surface area contributed by atoms with E-state index in [-0.39, 0.29) is 30.7 Å². The Labute approximate surface area is 385 Å². The second kappa shape index (κ2) is 20.9. The summed E-state index contributed by atoms with van der Waals surface area (Å²) in [6.07, 6.45) is 7.43. The van der Waals surface area contributed by atoms with Crippen molar-refractivity contribution in [1.29, 1.82) is 0 Å². The Kier molecular flexibility index (Phi) is 14.4. The molecule has 3 N–H and O–H groups in total. The molecule has 0 aliphatic carbocycles. The van der Waals surface area contributed by atoms with E-state index in [9.17, 15) is 24.3 Å². The molecule has 4 amide bonds. The lowest BCUT2D eigenvalue weighted by Crippen LogP contribution is -2.53. The fraction of sp³-hybridized carbons (Fsp3) is 0.353. The van der Waals surface area contributed by atoms with Gasteiger partial charge in [0, 0.05) is 99.7 Å². The molecule has 340 valence electrons. The zero-order valence-electron chi connectivity index (χ0n) is 37.4. The summed E-state index contributed by atoms with van der Waals surface area (Å²) in [6, 6.07) is 25.8. The summed E-state index contributed by atoms with van der Waals surface area (Å²) in [7, 11) is 0. The number of pyridine rings is 1. The number of piperidine rings is 1. The number of hydrogen-bond donors (Lipinski definition) is 3. The van der Waals surface area contributed by atoms with Gasteiger partial charge in [-0.05, 0) is 105 Å². The second-order valence-electron chi connectivity index (χ2n) is 17.3. The van der Waals surface area contributed by atoms with E-state index in [4.69, 9.17) is 4.74 Å². The van der Waals surface area contributed by atoms with Crippen molar-refractivity contribution in [3.8, 4) is 28.8 Å². The molecule has 3 saturated heterocycles. The topological polar surface area (TPSA) is 173 Å². The number of piperazine rings is 1. The van der Waals surface area contributed by atoms with Crippen molar-refractivity contribution < 1.29 is 29.0 Å². The van der Waals surface area contributed by atoms with Gasteiger partial charge in [-0.25, -0.2) is 14.8 Å². The van der Waals surface area contributed by atoms with E-state index in [1.54, 1.807) is 54.7 Å². The molecule has 15 nitrogen and oxygen atoms in total. The number of rotatable bonds is 16. The molecule has 3 aliphatic rings. The number of Topliss-reactive ketones (excluding diaryl/α,β-unsaturated/α-hetero) is 1. The molecule has 66 heavy (non-hydrogen) atoms. The largest absolute Gasteiger partial charge is 0.481 e. The highest BCUT2D eigenvalue weighted by Gasteiger charge is 2.40. The molecule has 3 fully saturated rings. The van der Waals surface area contributed by atoms with E-state index in [2.05, 4.69) is 59.4 Å². The Morgan fingerprint density at radius 3 is 2.44 bits per heavy atom. The average molecular weight is 890 g/mol. The van der Waals surface area contributed by atoms with Crippen LogP contribution in [0.4, 0.5) is 22.1 Å². The first-order valence-corrected chi connectivity index (χ1v) is 22.5. The van der Waals surface area contributed by atoms with Crippen LogP contribution in [0.25, 0.3) is 11.3 Å². The summed E-state index contributed by atoms with van der Waals surface area (Å²) >= 11 is 0. The number of ketones is 1. The van der Waals surface area contributed by atoms with Gasteiger partial charge in [0.25, 0.3) is 0 Å². The normalized spacial score (nSPS) is 17.7. The Morgan fingerprint density at radius 1 is 0.924 bits per heavy atom. The predicted molar refractivity (Wildman–Crippen MR) is 251 cm³/mol. The molecule has 0 spiro atoms. The molecular weight excluding hydrogens is 835 g/mol. The van der Waals surface area contributed by atoms with Gasteiger partial charge in [0.2, 0.25) is 17.8 Å². The smallest absolute Gasteiger partial charge is 0.325 e. The molecule has 5 heterocycles. The maximum absolute atomic E-state index is 13.3. The third-order valence-electron chi connectivity index (χ3n) is 12.2. The minimum Gasteiger partial charge on any atom is -0.481 e. The fourth-order valence-electron chi connectivity index (χ4n) is 8.54. The lowest BCUT2D eigenvalue weighted by Gasteiger charge is -2.35. The highest BCUT2D eigenvalue weighted by molar-refractivity contribution is 6.04. The van der Waals surface area contributed by atoms with Crippen molar-refractivity contribution in [2.75, 3.05) is 62.6 Å². The van der Waals surface area contributed by atoms with Gasteiger partial charge in [-0.2, -0.15) is 0 Å². The van der Waals surface area contributed by atoms with Crippen molar-refractivity contribution >= 4 is 41.0 Å². The van der Waals surface area contributed by atoms with E-state index >= 15 is 0 Å². The third kappa shape index (κ3) is 11.8. The SMILES string of the molecule is Cc1cc(CC(=O)c2ccc(CN3CCN(CCCC(C)(O)C#CCOc4ccc(N5CCN(C6CCC(=O)NC6=O)C5=O)cc4)CC3)cc2)ccc1Nc1nccc(-c2cccnc2)n1. The van der Waals surface area contributed by atoms with Crippen LogP contribution in [-0.2, 0) is 22.6 Å². The van der Waals surface area contributed by atoms with Crippen LogP contribution in [0.1, 0.15) is 59.7 Å². The standard InChI is InChI=1S/C51H55N9O6/c1-36-32-38(9-16-43(36)54-49-53-23-19-44(55-49)40-6-3-22-52-34-40)33-46(61)39-10-7-37(8-11-39)35-58-27-25-57(26-28-58)24-4-20-51(2,65)21-5-31-66-42-14-12-41(13-15-42)59-29-30-60(50(59)64)45-17-18-47(62)56-48(45)63/h3,6-16,19,22-23,32,34,45,65H,4,17-18,20,24-31,33,35H2,1-2H3,(H,53,54,55)(H,56,62,63). The molecule has 2 atom stereocenters. The number of aliphatic hydroxyl groups is 1. The highest BCUT2D eigenvalue weighted by atomic mass is 16.5. The number of nitrogens with one attached hydrogen (secondary N) is 2. The van der Waals surface area contributed by atoms with E-state index in [0.717, 1.165) is 73.8 Å². The van der Waals surface area contributed by atoms with Gasteiger partial charge in [0.15, 0.2) is 5.78 Å². The number of anilines is 3. The predicted octanol–water partition coefficient (Wildman–Crippen LogP) is 5.79. The number of ether oxygens (including phenoxy) is 1.